The summed E-state index contributed by atoms with van der Waals surface area (Å²) in [7, 11) is 1.64. The Morgan fingerprint density at radius 1 is 1.10 bits per heavy atom. The number of ether oxygens (including phenoxy) is 1. The molecule has 1 aliphatic carbocycles. The number of nitrogens with zero attached hydrogens (tertiary/aromatic N) is 2. The van der Waals surface area contributed by atoms with Crippen molar-refractivity contribution >= 4 is 29.2 Å². The van der Waals surface area contributed by atoms with Crippen LogP contribution < -0.4 is 15.4 Å². The molecule has 4 amide bonds. The van der Waals surface area contributed by atoms with Gasteiger partial charge in [0.2, 0.25) is 11.8 Å². The zero-order valence-electron chi connectivity index (χ0n) is 24.1. The number of benzene rings is 2. The summed E-state index contributed by atoms with van der Waals surface area (Å²) in [5, 5.41) is 15.6. The number of hydrogen-bond acceptors (Lipinski definition) is 5. The Kier molecular flexibility index (Phi) is 10.2. The van der Waals surface area contributed by atoms with E-state index in [4.69, 9.17) is 4.74 Å². The minimum atomic E-state index is -0.486. The third-order valence-electron chi connectivity index (χ3n) is 8.06. The quantitative estimate of drug-likeness (QED) is 0.450. The molecule has 41 heavy (non-hydrogen) atoms. The first-order valence-corrected chi connectivity index (χ1v) is 14.4. The van der Waals surface area contributed by atoms with Crippen LogP contribution in [0.25, 0.3) is 0 Å². The highest BCUT2D eigenvalue weighted by Gasteiger charge is 2.32. The SMILES string of the molecule is C[C@@H]1CN([C@@H](C)CO)C(=O)Cc2cc(NC(=O)C3CCCCC3)ccc2O[C@@H]1CN(C)C(=O)Nc1ccc(F)cc1. The van der Waals surface area contributed by atoms with E-state index < -0.39 is 18.0 Å². The molecule has 1 aliphatic heterocycles. The Labute approximate surface area is 241 Å². The smallest absolute Gasteiger partial charge is 0.321 e. The van der Waals surface area contributed by atoms with E-state index >= 15 is 0 Å². The highest BCUT2D eigenvalue weighted by molar-refractivity contribution is 5.93. The Hall–Kier alpha value is -3.66. The molecule has 1 saturated carbocycles. The molecule has 0 aromatic heterocycles. The van der Waals surface area contributed by atoms with E-state index in [0.717, 1.165) is 32.1 Å². The van der Waals surface area contributed by atoms with Crippen molar-refractivity contribution in [1.82, 2.24) is 9.80 Å². The van der Waals surface area contributed by atoms with Gasteiger partial charge >= 0.3 is 6.03 Å². The van der Waals surface area contributed by atoms with Gasteiger partial charge in [-0.05, 0) is 62.2 Å². The molecule has 0 saturated heterocycles. The summed E-state index contributed by atoms with van der Waals surface area (Å²) in [5.74, 6) is -0.231. The minimum absolute atomic E-state index is 0.00391. The highest BCUT2D eigenvalue weighted by Crippen LogP contribution is 2.30. The number of aliphatic hydroxyl groups is 1. The number of nitrogens with one attached hydrogen (secondary N) is 2. The van der Waals surface area contributed by atoms with Crippen molar-refractivity contribution in [3.05, 3.63) is 53.8 Å². The normalized spacial score (nSPS) is 20.5. The summed E-state index contributed by atoms with van der Waals surface area (Å²) in [5.41, 5.74) is 1.70. The van der Waals surface area contributed by atoms with Crippen molar-refractivity contribution in [3.8, 4) is 5.75 Å². The number of hydrogen-bond donors (Lipinski definition) is 3. The van der Waals surface area contributed by atoms with Crippen LogP contribution in [0.1, 0.15) is 51.5 Å². The summed E-state index contributed by atoms with van der Waals surface area (Å²) < 4.78 is 19.7. The summed E-state index contributed by atoms with van der Waals surface area (Å²) in [6.07, 6.45) is 4.60. The first-order chi connectivity index (χ1) is 19.6. The molecule has 3 atom stereocenters. The number of anilines is 2. The van der Waals surface area contributed by atoms with Gasteiger partial charge in [-0.1, -0.05) is 26.2 Å². The molecule has 3 N–H and O–H groups in total. The lowest BCUT2D eigenvalue weighted by atomic mass is 9.88. The average molecular weight is 569 g/mol. The number of urea groups is 1. The zero-order valence-corrected chi connectivity index (χ0v) is 24.1. The topological polar surface area (TPSA) is 111 Å². The van der Waals surface area contributed by atoms with Gasteiger partial charge in [0, 0.05) is 42.4 Å². The third-order valence-corrected chi connectivity index (χ3v) is 8.06. The van der Waals surface area contributed by atoms with Crippen LogP contribution in [-0.2, 0) is 16.0 Å². The molecule has 2 aromatic rings. The second-order valence-electron chi connectivity index (χ2n) is 11.4. The van der Waals surface area contributed by atoms with Crippen LogP contribution >= 0.6 is 0 Å². The zero-order chi connectivity index (χ0) is 29.5. The summed E-state index contributed by atoms with van der Waals surface area (Å²) in [6, 6.07) is 10.1. The van der Waals surface area contributed by atoms with Crippen LogP contribution in [0.3, 0.4) is 0 Å². The molecule has 2 aromatic carbocycles. The Bertz CT molecular complexity index is 1220. The summed E-state index contributed by atoms with van der Waals surface area (Å²) in [4.78, 5) is 42.4. The largest absolute Gasteiger partial charge is 0.488 e. The van der Waals surface area contributed by atoms with E-state index in [1.165, 1.54) is 29.2 Å². The maximum atomic E-state index is 13.4. The molecule has 1 fully saturated rings. The lowest BCUT2D eigenvalue weighted by Crippen LogP contribution is -2.48. The van der Waals surface area contributed by atoms with E-state index in [0.29, 0.717) is 29.2 Å². The van der Waals surface area contributed by atoms with Crippen LogP contribution in [0, 0.1) is 17.7 Å². The molecule has 0 unspecified atom stereocenters. The van der Waals surface area contributed by atoms with Gasteiger partial charge in [-0.2, -0.15) is 0 Å². The Balaban J connectivity index is 1.55. The number of carbonyl (C=O) groups excluding carboxylic acids is 3. The molecule has 9 nitrogen and oxygen atoms in total. The van der Waals surface area contributed by atoms with E-state index in [1.54, 1.807) is 37.1 Å². The third kappa shape index (κ3) is 7.97. The lowest BCUT2D eigenvalue weighted by molar-refractivity contribution is -0.134. The predicted octanol–water partition coefficient (Wildman–Crippen LogP) is 4.66. The second kappa shape index (κ2) is 13.8. The van der Waals surface area contributed by atoms with Gasteiger partial charge in [0.25, 0.3) is 0 Å². The monoisotopic (exact) mass is 568 g/mol. The van der Waals surface area contributed by atoms with E-state index in [2.05, 4.69) is 10.6 Å². The van der Waals surface area contributed by atoms with E-state index in [9.17, 15) is 23.9 Å². The van der Waals surface area contributed by atoms with Gasteiger partial charge in [-0.3, -0.25) is 9.59 Å². The number of fused-ring (bicyclic) bond motifs is 1. The fourth-order valence-electron chi connectivity index (χ4n) is 5.44. The van der Waals surface area contributed by atoms with Crippen LogP contribution in [0.15, 0.2) is 42.5 Å². The molecule has 2 aliphatic rings. The number of amides is 4. The number of likely N-dealkylation sites (N-methyl/N-ethyl adjacent to an activating group) is 1. The van der Waals surface area contributed by atoms with Gasteiger partial charge in [0.15, 0.2) is 0 Å². The van der Waals surface area contributed by atoms with Crippen molar-refractivity contribution in [2.24, 2.45) is 11.8 Å². The standard InChI is InChI=1S/C31H41FN4O5/c1-20-17-36(21(2)19-37)29(38)16-23-15-26(33-30(39)22-7-5-4-6-8-22)13-14-27(23)41-28(20)18-35(3)31(40)34-25-11-9-24(32)10-12-25/h9-15,20-22,28,37H,4-8,16-19H2,1-3H3,(H,33,39)(H,34,40)/t20-,21+,28-/m1/s1. The number of carbonyl (C=O) groups is 3. The fraction of sp³-hybridized carbons (Fsp3) is 0.516. The Morgan fingerprint density at radius 3 is 2.46 bits per heavy atom. The van der Waals surface area contributed by atoms with Crippen molar-refractivity contribution in [1.29, 1.82) is 0 Å². The van der Waals surface area contributed by atoms with Crippen LogP contribution in [-0.4, -0.2) is 71.6 Å². The molecular formula is C31H41FN4O5. The average Bonchev–Trinajstić information content (AvgIpc) is 3.01. The molecule has 1 heterocycles. The second-order valence-corrected chi connectivity index (χ2v) is 11.4. The van der Waals surface area contributed by atoms with Gasteiger partial charge in [0.1, 0.15) is 17.7 Å². The van der Waals surface area contributed by atoms with Crippen molar-refractivity contribution in [2.45, 2.75) is 64.5 Å². The van der Waals surface area contributed by atoms with Crippen molar-refractivity contribution in [2.75, 3.05) is 37.4 Å². The summed E-state index contributed by atoms with van der Waals surface area (Å²) >= 11 is 0. The van der Waals surface area contributed by atoms with Crippen LogP contribution in [0.4, 0.5) is 20.6 Å². The first-order valence-electron chi connectivity index (χ1n) is 14.4. The van der Waals surface area contributed by atoms with E-state index in [-0.39, 0.29) is 49.3 Å². The van der Waals surface area contributed by atoms with Gasteiger partial charge < -0.3 is 30.3 Å². The molecular weight excluding hydrogens is 527 g/mol. The van der Waals surface area contributed by atoms with Crippen LogP contribution in [0.5, 0.6) is 5.75 Å². The Morgan fingerprint density at radius 2 is 1.78 bits per heavy atom. The van der Waals surface area contributed by atoms with Gasteiger partial charge in [-0.15, -0.1) is 0 Å². The number of rotatable bonds is 7. The van der Waals surface area contributed by atoms with Crippen molar-refractivity contribution < 1.29 is 28.6 Å². The van der Waals surface area contributed by atoms with E-state index in [1.807, 2.05) is 6.92 Å². The molecule has 0 radical (unpaired) electrons. The minimum Gasteiger partial charge on any atom is -0.488 e. The molecule has 222 valence electrons. The van der Waals surface area contributed by atoms with Crippen molar-refractivity contribution in [3.63, 3.8) is 0 Å². The number of aliphatic hydroxyl groups excluding tert-OH is 1. The number of halogens is 1. The van der Waals surface area contributed by atoms with Gasteiger partial charge in [-0.25, -0.2) is 9.18 Å². The fourth-order valence-corrected chi connectivity index (χ4v) is 5.44. The molecule has 0 bridgehead atoms. The molecule has 4 rings (SSSR count). The maximum absolute atomic E-state index is 13.4. The molecule has 0 spiro atoms. The first kappa shape index (κ1) is 30.3. The molecule has 10 heteroatoms. The predicted molar refractivity (Wildman–Crippen MR) is 155 cm³/mol. The van der Waals surface area contributed by atoms with Crippen LogP contribution in [0.2, 0.25) is 0 Å². The lowest BCUT2D eigenvalue weighted by Gasteiger charge is -2.34. The summed E-state index contributed by atoms with van der Waals surface area (Å²) in [6.45, 7) is 4.10. The van der Waals surface area contributed by atoms with Gasteiger partial charge in [0.05, 0.1) is 25.6 Å². The highest BCUT2D eigenvalue weighted by atomic mass is 19.1. The maximum Gasteiger partial charge on any atom is 0.321 e.